The number of nitrogens with one attached hydrogen (secondary N) is 1. The Hall–Kier alpha value is -3.45. The number of hydrogen-bond donors (Lipinski definition) is 1. The van der Waals surface area contributed by atoms with Crippen molar-refractivity contribution in [1.29, 1.82) is 0 Å². The summed E-state index contributed by atoms with van der Waals surface area (Å²) in [5.41, 5.74) is 3.83. The molecule has 4 rings (SSSR count). The molecule has 2 amide bonds. The van der Waals surface area contributed by atoms with E-state index >= 15 is 0 Å². The minimum absolute atomic E-state index is 0.0334. The summed E-state index contributed by atoms with van der Waals surface area (Å²) in [7, 11) is 0. The number of nitrogens with zero attached hydrogens (tertiary/aromatic N) is 4. The van der Waals surface area contributed by atoms with Crippen LogP contribution in [0, 0.1) is 0 Å². The van der Waals surface area contributed by atoms with Crippen molar-refractivity contribution in [3.05, 3.63) is 78.1 Å². The van der Waals surface area contributed by atoms with E-state index in [2.05, 4.69) is 39.6 Å². The van der Waals surface area contributed by atoms with Crippen LogP contribution < -0.4 is 5.32 Å². The molecule has 0 unspecified atom stereocenters. The van der Waals surface area contributed by atoms with Crippen LogP contribution in [0.2, 0.25) is 0 Å². The lowest BCUT2D eigenvalue weighted by atomic mass is 9.97. The second-order valence-corrected chi connectivity index (χ2v) is 8.74. The van der Waals surface area contributed by atoms with E-state index in [4.69, 9.17) is 0 Å². The molecule has 33 heavy (non-hydrogen) atoms. The quantitative estimate of drug-likeness (QED) is 0.607. The number of hydrogen-bond acceptors (Lipinski definition) is 4. The first-order valence-electron chi connectivity index (χ1n) is 11.5. The predicted octanol–water partition coefficient (Wildman–Crippen LogP) is 2.88. The standard InChI is InChI=1S/C26H31N5O2/c1-20(2)28-25(32)19-29-14-16-30(17-15-29)26(33)24-7-4-3-6-23(24)22-10-8-21(9-11-22)18-31-13-5-12-27-31/h3-13,20H,14-19H2,1-2H3,(H,28,32). The Labute approximate surface area is 195 Å². The van der Waals surface area contributed by atoms with E-state index < -0.39 is 0 Å². The Morgan fingerprint density at radius 1 is 0.970 bits per heavy atom. The average Bonchev–Trinajstić information content (AvgIpc) is 3.32. The van der Waals surface area contributed by atoms with E-state index in [1.807, 2.05) is 60.0 Å². The zero-order valence-electron chi connectivity index (χ0n) is 19.3. The van der Waals surface area contributed by atoms with E-state index in [0.29, 0.717) is 44.8 Å². The lowest BCUT2D eigenvalue weighted by Gasteiger charge is -2.34. The number of piperazine rings is 1. The average molecular weight is 446 g/mol. The van der Waals surface area contributed by atoms with E-state index in [-0.39, 0.29) is 17.9 Å². The van der Waals surface area contributed by atoms with Crippen LogP contribution in [0.15, 0.2) is 67.0 Å². The number of carbonyl (C=O) groups excluding carboxylic acids is 2. The number of rotatable bonds is 7. The highest BCUT2D eigenvalue weighted by Crippen LogP contribution is 2.26. The van der Waals surface area contributed by atoms with Gasteiger partial charge in [0.25, 0.3) is 5.91 Å². The van der Waals surface area contributed by atoms with Crippen LogP contribution in [-0.2, 0) is 11.3 Å². The largest absolute Gasteiger partial charge is 0.353 e. The highest BCUT2D eigenvalue weighted by molar-refractivity contribution is 6.01. The molecule has 1 N–H and O–H groups in total. The third-order valence-corrected chi connectivity index (χ3v) is 5.80. The summed E-state index contributed by atoms with van der Waals surface area (Å²) >= 11 is 0. The van der Waals surface area contributed by atoms with Gasteiger partial charge in [0, 0.05) is 50.2 Å². The molecular formula is C26H31N5O2. The van der Waals surface area contributed by atoms with Crippen LogP contribution in [0.3, 0.4) is 0 Å². The molecule has 1 aliphatic rings. The molecule has 7 heteroatoms. The summed E-state index contributed by atoms with van der Waals surface area (Å²) < 4.78 is 1.89. The number of amides is 2. The van der Waals surface area contributed by atoms with Gasteiger partial charge in [-0.3, -0.25) is 19.2 Å². The van der Waals surface area contributed by atoms with Gasteiger partial charge in [-0.1, -0.05) is 42.5 Å². The molecule has 0 spiro atoms. The molecule has 7 nitrogen and oxygen atoms in total. The van der Waals surface area contributed by atoms with Gasteiger partial charge >= 0.3 is 0 Å². The lowest BCUT2D eigenvalue weighted by molar-refractivity contribution is -0.123. The molecule has 2 heterocycles. The molecule has 1 saturated heterocycles. The maximum absolute atomic E-state index is 13.4. The van der Waals surface area contributed by atoms with Crippen molar-refractivity contribution >= 4 is 11.8 Å². The smallest absolute Gasteiger partial charge is 0.254 e. The molecule has 1 fully saturated rings. The van der Waals surface area contributed by atoms with E-state index in [1.165, 1.54) is 0 Å². The van der Waals surface area contributed by atoms with Crippen LogP contribution in [0.1, 0.15) is 29.8 Å². The zero-order chi connectivity index (χ0) is 23.2. The molecule has 0 bridgehead atoms. The van der Waals surface area contributed by atoms with Crippen LogP contribution in [0.25, 0.3) is 11.1 Å². The van der Waals surface area contributed by atoms with Crippen LogP contribution in [0.4, 0.5) is 0 Å². The highest BCUT2D eigenvalue weighted by atomic mass is 16.2. The first-order valence-corrected chi connectivity index (χ1v) is 11.5. The van der Waals surface area contributed by atoms with Crippen molar-refractivity contribution in [3.8, 4) is 11.1 Å². The SMILES string of the molecule is CC(C)NC(=O)CN1CCN(C(=O)c2ccccc2-c2ccc(Cn3cccn3)cc2)CC1. The molecule has 0 radical (unpaired) electrons. The van der Waals surface area contributed by atoms with Gasteiger partial charge in [0.1, 0.15) is 0 Å². The minimum Gasteiger partial charge on any atom is -0.353 e. The molecule has 0 atom stereocenters. The van der Waals surface area contributed by atoms with Crippen molar-refractivity contribution in [1.82, 2.24) is 24.9 Å². The molecule has 3 aromatic rings. The summed E-state index contributed by atoms with van der Waals surface area (Å²) in [6.07, 6.45) is 3.72. The Morgan fingerprint density at radius 3 is 2.36 bits per heavy atom. The fourth-order valence-electron chi connectivity index (χ4n) is 4.14. The van der Waals surface area contributed by atoms with E-state index in [0.717, 1.165) is 16.7 Å². The summed E-state index contributed by atoms with van der Waals surface area (Å²) in [4.78, 5) is 29.4. The van der Waals surface area contributed by atoms with Crippen molar-refractivity contribution < 1.29 is 9.59 Å². The van der Waals surface area contributed by atoms with Gasteiger partial charge in [0.2, 0.25) is 5.91 Å². The zero-order valence-corrected chi connectivity index (χ0v) is 19.3. The van der Waals surface area contributed by atoms with Gasteiger partial charge in [-0.15, -0.1) is 0 Å². The topological polar surface area (TPSA) is 70.5 Å². The van der Waals surface area contributed by atoms with E-state index in [9.17, 15) is 9.59 Å². The summed E-state index contributed by atoms with van der Waals surface area (Å²) in [6, 6.07) is 18.1. The van der Waals surface area contributed by atoms with Crippen molar-refractivity contribution in [2.24, 2.45) is 0 Å². The molecule has 0 saturated carbocycles. The number of benzene rings is 2. The molecule has 172 valence electrons. The van der Waals surface area contributed by atoms with Crippen molar-refractivity contribution in [2.45, 2.75) is 26.4 Å². The fraction of sp³-hybridized carbons (Fsp3) is 0.346. The van der Waals surface area contributed by atoms with Crippen molar-refractivity contribution in [3.63, 3.8) is 0 Å². The molecular weight excluding hydrogens is 414 g/mol. The normalized spacial score (nSPS) is 14.5. The third kappa shape index (κ3) is 5.87. The second kappa shape index (κ2) is 10.4. The minimum atomic E-state index is 0.0334. The highest BCUT2D eigenvalue weighted by Gasteiger charge is 2.25. The van der Waals surface area contributed by atoms with Gasteiger partial charge in [0.05, 0.1) is 13.1 Å². The Balaban J connectivity index is 1.41. The monoisotopic (exact) mass is 445 g/mol. The Bertz CT molecular complexity index is 1070. The van der Waals surface area contributed by atoms with E-state index in [1.54, 1.807) is 6.20 Å². The first-order chi connectivity index (χ1) is 16.0. The molecule has 1 aliphatic heterocycles. The third-order valence-electron chi connectivity index (χ3n) is 5.80. The van der Waals surface area contributed by atoms with Gasteiger partial charge in [0.15, 0.2) is 0 Å². The maximum atomic E-state index is 13.4. The van der Waals surface area contributed by atoms with Crippen LogP contribution in [-0.4, -0.2) is 70.2 Å². The van der Waals surface area contributed by atoms with Gasteiger partial charge in [-0.25, -0.2) is 0 Å². The molecule has 2 aromatic carbocycles. The second-order valence-electron chi connectivity index (χ2n) is 8.74. The van der Waals surface area contributed by atoms with Crippen LogP contribution in [0.5, 0.6) is 0 Å². The fourth-order valence-corrected chi connectivity index (χ4v) is 4.14. The number of carbonyl (C=O) groups is 2. The van der Waals surface area contributed by atoms with Gasteiger partial charge in [-0.2, -0.15) is 5.10 Å². The maximum Gasteiger partial charge on any atom is 0.254 e. The molecule has 0 aliphatic carbocycles. The summed E-state index contributed by atoms with van der Waals surface area (Å²) in [5, 5.41) is 7.18. The predicted molar refractivity (Wildman–Crippen MR) is 129 cm³/mol. The van der Waals surface area contributed by atoms with Crippen molar-refractivity contribution in [2.75, 3.05) is 32.7 Å². The Morgan fingerprint density at radius 2 is 1.70 bits per heavy atom. The van der Waals surface area contributed by atoms with Gasteiger partial charge in [-0.05, 0) is 42.7 Å². The Kier molecular flexibility index (Phi) is 7.19. The van der Waals surface area contributed by atoms with Gasteiger partial charge < -0.3 is 10.2 Å². The molecule has 1 aromatic heterocycles. The summed E-state index contributed by atoms with van der Waals surface area (Å²) in [5.74, 6) is 0.0728. The first kappa shape index (κ1) is 22.7. The summed E-state index contributed by atoms with van der Waals surface area (Å²) in [6.45, 7) is 7.63. The lowest BCUT2D eigenvalue weighted by Crippen LogP contribution is -2.51. The van der Waals surface area contributed by atoms with Crippen LogP contribution >= 0.6 is 0 Å². The number of aromatic nitrogens is 2.